The van der Waals surface area contributed by atoms with Crippen molar-refractivity contribution in [1.29, 1.82) is 0 Å². The lowest BCUT2D eigenvalue weighted by Gasteiger charge is -2.27. The number of benzene rings is 6. The largest absolute Gasteiger partial charge is 0.310 e. The Labute approximate surface area is 268 Å². The molecule has 0 unspecified atom stereocenters. The molecule has 0 aliphatic carbocycles. The molecule has 0 saturated heterocycles. The van der Waals surface area contributed by atoms with Crippen LogP contribution < -0.4 is 9.80 Å². The predicted octanol–water partition coefficient (Wildman–Crippen LogP) is 12.3. The van der Waals surface area contributed by atoms with Crippen molar-refractivity contribution in [2.75, 3.05) is 9.80 Å². The van der Waals surface area contributed by atoms with Crippen molar-refractivity contribution in [3.63, 3.8) is 0 Å². The number of hydrogen-bond donors (Lipinski definition) is 0. The Morgan fingerprint density at radius 1 is 0.311 bits per heavy atom. The van der Waals surface area contributed by atoms with Crippen LogP contribution in [0.25, 0.3) is 12.2 Å². The number of para-hydroxylation sites is 1. The van der Waals surface area contributed by atoms with Crippen LogP contribution in [0, 0.1) is 34.6 Å². The van der Waals surface area contributed by atoms with E-state index in [1.807, 2.05) is 0 Å². The van der Waals surface area contributed by atoms with Gasteiger partial charge in [0.1, 0.15) is 0 Å². The monoisotopic (exact) mass is 584 g/mol. The second-order valence-electron chi connectivity index (χ2n) is 12.1. The van der Waals surface area contributed by atoms with Gasteiger partial charge in [0.05, 0.1) is 0 Å². The minimum absolute atomic E-state index is 1.13. The fourth-order valence-corrected chi connectivity index (χ4v) is 6.06. The van der Waals surface area contributed by atoms with Crippen LogP contribution in [0.15, 0.2) is 140 Å². The number of nitrogens with zero attached hydrogens (tertiary/aromatic N) is 2. The van der Waals surface area contributed by atoms with Gasteiger partial charge in [0, 0.05) is 34.1 Å². The fourth-order valence-electron chi connectivity index (χ4n) is 6.06. The molecule has 0 N–H and O–H groups in total. The second kappa shape index (κ2) is 13.1. The normalized spacial score (nSPS) is 11.1. The van der Waals surface area contributed by atoms with Crippen LogP contribution in [0.5, 0.6) is 0 Å². The van der Waals surface area contributed by atoms with Crippen LogP contribution in [0.2, 0.25) is 0 Å². The van der Waals surface area contributed by atoms with Gasteiger partial charge in [-0.2, -0.15) is 0 Å². The van der Waals surface area contributed by atoms with Crippen molar-refractivity contribution in [3.05, 3.63) is 178 Å². The molecule has 0 heterocycles. The molecule has 0 aliphatic rings. The summed E-state index contributed by atoms with van der Waals surface area (Å²) in [5.74, 6) is 0. The van der Waals surface area contributed by atoms with E-state index in [-0.39, 0.29) is 0 Å². The lowest BCUT2D eigenvalue weighted by Crippen LogP contribution is -2.11. The maximum absolute atomic E-state index is 2.36. The minimum atomic E-state index is 1.13. The average molecular weight is 585 g/mol. The highest BCUT2D eigenvalue weighted by molar-refractivity contribution is 5.80. The summed E-state index contributed by atoms with van der Waals surface area (Å²) in [6.07, 6.45) is 4.37. The summed E-state index contributed by atoms with van der Waals surface area (Å²) >= 11 is 0. The molecule has 6 rings (SSSR count). The van der Waals surface area contributed by atoms with E-state index in [0.717, 1.165) is 33.9 Å². The maximum atomic E-state index is 2.36. The Kier molecular flexibility index (Phi) is 8.66. The van der Waals surface area contributed by atoms with Gasteiger partial charge in [-0.3, -0.25) is 0 Å². The van der Waals surface area contributed by atoms with E-state index in [1.165, 1.54) is 39.2 Å². The first-order chi connectivity index (χ1) is 21.8. The van der Waals surface area contributed by atoms with E-state index < -0.39 is 0 Å². The number of hydrogen-bond acceptors (Lipinski definition) is 2. The van der Waals surface area contributed by atoms with Crippen molar-refractivity contribution < 1.29 is 0 Å². The number of anilines is 6. The van der Waals surface area contributed by atoms with Gasteiger partial charge >= 0.3 is 0 Å². The van der Waals surface area contributed by atoms with E-state index in [1.54, 1.807) is 0 Å². The Hall–Kier alpha value is -5.34. The second-order valence-corrected chi connectivity index (χ2v) is 12.1. The Morgan fingerprint density at radius 3 is 1.13 bits per heavy atom. The van der Waals surface area contributed by atoms with Crippen LogP contribution >= 0.6 is 0 Å². The smallest absolute Gasteiger partial charge is 0.0466 e. The summed E-state index contributed by atoms with van der Waals surface area (Å²) in [6.45, 7) is 10.8. The molecular formula is C43H40N2. The molecule has 0 aliphatic heterocycles. The first-order valence-corrected chi connectivity index (χ1v) is 15.6. The summed E-state index contributed by atoms with van der Waals surface area (Å²) in [5, 5.41) is 0. The van der Waals surface area contributed by atoms with Crippen LogP contribution in [0.1, 0.15) is 38.9 Å². The van der Waals surface area contributed by atoms with Crippen molar-refractivity contribution >= 4 is 46.3 Å². The number of rotatable bonds is 8. The first-order valence-electron chi connectivity index (χ1n) is 15.6. The van der Waals surface area contributed by atoms with E-state index in [0.29, 0.717) is 0 Å². The number of aryl methyl sites for hydroxylation is 5. The lowest BCUT2D eigenvalue weighted by atomic mass is 10.1. The summed E-state index contributed by atoms with van der Waals surface area (Å²) in [4.78, 5) is 4.66. The standard InChI is InChI=1S/C43H40N2/c1-31-10-9-13-41(26-31)44(38-11-7-6-8-12-38)39-20-16-36(17-21-39)14-15-37-18-22-40(23-19-37)45(42-27-32(2)24-33(3)28-42)43-29-34(4)25-35(5)30-43/h6-30H,1-5H3/b15-14+. The van der Waals surface area contributed by atoms with E-state index in [9.17, 15) is 0 Å². The molecular weight excluding hydrogens is 544 g/mol. The third-order valence-electron chi connectivity index (χ3n) is 7.97. The van der Waals surface area contributed by atoms with Gasteiger partial charge in [-0.05, 0) is 146 Å². The molecule has 6 aromatic carbocycles. The lowest BCUT2D eigenvalue weighted by molar-refractivity contribution is 1.23. The molecule has 45 heavy (non-hydrogen) atoms. The van der Waals surface area contributed by atoms with Crippen molar-refractivity contribution in [2.45, 2.75) is 34.6 Å². The van der Waals surface area contributed by atoms with Gasteiger partial charge in [-0.25, -0.2) is 0 Å². The summed E-state index contributed by atoms with van der Waals surface area (Å²) in [6, 6.07) is 50.3. The molecule has 0 saturated carbocycles. The quantitative estimate of drug-likeness (QED) is 0.164. The van der Waals surface area contributed by atoms with Crippen molar-refractivity contribution in [3.8, 4) is 0 Å². The molecule has 222 valence electrons. The summed E-state index contributed by atoms with van der Waals surface area (Å²) in [5.41, 5.74) is 15.5. The molecule has 0 fully saturated rings. The van der Waals surface area contributed by atoms with E-state index >= 15 is 0 Å². The third kappa shape index (κ3) is 7.08. The molecule has 2 heteroatoms. The maximum Gasteiger partial charge on any atom is 0.0466 e. The zero-order chi connectivity index (χ0) is 31.3. The Bertz CT molecular complexity index is 1840. The predicted molar refractivity (Wildman–Crippen MR) is 195 cm³/mol. The summed E-state index contributed by atoms with van der Waals surface area (Å²) < 4.78 is 0. The highest BCUT2D eigenvalue weighted by Gasteiger charge is 2.15. The van der Waals surface area contributed by atoms with Gasteiger partial charge in [-0.1, -0.05) is 78.9 Å². The molecule has 0 bridgehead atoms. The molecule has 0 atom stereocenters. The minimum Gasteiger partial charge on any atom is -0.310 e. The molecule has 6 aromatic rings. The van der Waals surface area contributed by atoms with Crippen LogP contribution in [0.4, 0.5) is 34.1 Å². The highest BCUT2D eigenvalue weighted by Crippen LogP contribution is 2.37. The SMILES string of the molecule is Cc1cccc(N(c2ccccc2)c2ccc(/C=C/c3ccc(N(c4cc(C)cc(C)c4)c4cc(C)cc(C)c4)cc3)cc2)c1. The Balaban J connectivity index is 1.26. The highest BCUT2D eigenvalue weighted by atomic mass is 15.1. The molecule has 0 spiro atoms. The van der Waals surface area contributed by atoms with Crippen LogP contribution in [-0.4, -0.2) is 0 Å². The summed E-state index contributed by atoms with van der Waals surface area (Å²) in [7, 11) is 0. The topological polar surface area (TPSA) is 6.48 Å². The molecule has 2 nitrogen and oxygen atoms in total. The zero-order valence-electron chi connectivity index (χ0n) is 26.8. The van der Waals surface area contributed by atoms with Gasteiger partial charge in [0.15, 0.2) is 0 Å². The molecule has 0 amide bonds. The fraction of sp³-hybridized carbons (Fsp3) is 0.116. The zero-order valence-corrected chi connectivity index (χ0v) is 26.8. The molecule has 0 aromatic heterocycles. The first kappa shape index (κ1) is 29.7. The van der Waals surface area contributed by atoms with E-state index in [4.69, 9.17) is 0 Å². The van der Waals surface area contributed by atoms with Gasteiger partial charge in [0.2, 0.25) is 0 Å². The third-order valence-corrected chi connectivity index (χ3v) is 7.97. The van der Waals surface area contributed by atoms with Gasteiger partial charge < -0.3 is 9.80 Å². The van der Waals surface area contributed by atoms with Gasteiger partial charge in [-0.15, -0.1) is 0 Å². The molecule has 0 radical (unpaired) electrons. The van der Waals surface area contributed by atoms with Crippen molar-refractivity contribution in [2.24, 2.45) is 0 Å². The van der Waals surface area contributed by atoms with Crippen molar-refractivity contribution in [1.82, 2.24) is 0 Å². The van der Waals surface area contributed by atoms with Gasteiger partial charge in [0.25, 0.3) is 0 Å². The van der Waals surface area contributed by atoms with E-state index in [2.05, 4.69) is 196 Å². The van der Waals surface area contributed by atoms with Crippen LogP contribution in [-0.2, 0) is 0 Å². The Morgan fingerprint density at radius 2 is 0.689 bits per heavy atom. The average Bonchev–Trinajstić information content (AvgIpc) is 3.01. The van der Waals surface area contributed by atoms with Crippen LogP contribution in [0.3, 0.4) is 0 Å².